The molecule has 0 spiro atoms. The molecule has 1 aromatic carbocycles. The summed E-state index contributed by atoms with van der Waals surface area (Å²) in [5.41, 5.74) is 4.77. The Bertz CT molecular complexity index is 822. The second kappa shape index (κ2) is 5.57. The van der Waals surface area contributed by atoms with Crippen molar-refractivity contribution in [2.24, 2.45) is 5.92 Å². The van der Waals surface area contributed by atoms with Crippen molar-refractivity contribution < 1.29 is 9.90 Å². The summed E-state index contributed by atoms with van der Waals surface area (Å²) in [4.78, 5) is 17.3. The lowest BCUT2D eigenvalue weighted by Crippen LogP contribution is -2.17. The third-order valence-electron chi connectivity index (χ3n) is 5.16. The topological polar surface area (TPSA) is 50.2 Å². The highest BCUT2D eigenvalue weighted by Crippen LogP contribution is 2.48. The van der Waals surface area contributed by atoms with Crippen LogP contribution >= 0.6 is 0 Å². The van der Waals surface area contributed by atoms with Gasteiger partial charge in [0.15, 0.2) is 5.78 Å². The molecule has 3 nitrogen and oxygen atoms in total. The summed E-state index contributed by atoms with van der Waals surface area (Å²) in [6, 6.07) is 10.0. The zero-order valence-corrected chi connectivity index (χ0v) is 13.4. The lowest BCUT2D eigenvalue weighted by atomic mass is 9.80. The smallest absolute Gasteiger partial charge is 0.159 e. The second-order valence-electron chi connectivity index (χ2n) is 6.69. The molecule has 2 aliphatic carbocycles. The van der Waals surface area contributed by atoms with E-state index in [9.17, 15) is 9.90 Å². The predicted octanol–water partition coefficient (Wildman–Crippen LogP) is 4.20. The van der Waals surface area contributed by atoms with Gasteiger partial charge >= 0.3 is 0 Å². The number of benzene rings is 1. The van der Waals surface area contributed by atoms with Gasteiger partial charge in [-0.05, 0) is 42.9 Å². The number of carbonyl (C=O) groups excluding carboxylic acids is 1. The van der Waals surface area contributed by atoms with Crippen LogP contribution in [-0.2, 0) is 4.79 Å². The Balaban J connectivity index is 1.93. The monoisotopic (exact) mass is 307 g/mol. The summed E-state index contributed by atoms with van der Waals surface area (Å²) in [6.45, 7) is 2.15. The van der Waals surface area contributed by atoms with Gasteiger partial charge in [-0.3, -0.25) is 4.79 Å². The first-order valence-electron chi connectivity index (χ1n) is 8.53. The highest BCUT2D eigenvalue weighted by Gasteiger charge is 2.40. The Hall–Kier alpha value is -2.00. The molecule has 0 saturated heterocycles. The summed E-state index contributed by atoms with van der Waals surface area (Å²) < 4.78 is 0. The lowest BCUT2D eigenvalue weighted by molar-refractivity contribution is -0.115. The number of nitrogens with zero attached hydrogens (tertiary/aromatic N) is 1. The second-order valence-corrected chi connectivity index (χ2v) is 6.69. The number of aliphatic hydroxyl groups is 1. The molecule has 1 heterocycles. The molecular formula is C20H21NO2. The summed E-state index contributed by atoms with van der Waals surface area (Å²) in [5, 5.41) is 11.6. The molecule has 3 heteroatoms. The standard InChI is InChI=1S/C20H21NO2/c1-2-3-7-14-17(22)10-13-11-18(23)15-9-12-6-4-5-8-16(12)21-20(15)19(13)14/h4-6,8-9,13,18,23H,2-3,7,10-11H2,1H3. The minimum Gasteiger partial charge on any atom is -0.388 e. The van der Waals surface area contributed by atoms with Crippen LogP contribution in [0.2, 0.25) is 0 Å². The maximum atomic E-state index is 12.5. The Kier molecular flexibility index (Phi) is 3.53. The van der Waals surface area contributed by atoms with Gasteiger partial charge in [-0.1, -0.05) is 31.5 Å². The zero-order chi connectivity index (χ0) is 16.0. The number of para-hydroxylation sites is 1. The van der Waals surface area contributed by atoms with Crippen molar-refractivity contribution in [1.29, 1.82) is 0 Å². The lowest BCUT2D eigenvalue weighted by Gasteiger charge is -2.28. The molecule has 0 fully saturated rings. The highest BCUT2D eigenvalue weighted by atomic mass is 16.3. The molecule has 0 radical (unpaired) electrons. The molecule has 2 unspecified atom stereocenters. The third kappa shape index (κ3) is 2.31. The van der Waals surface area contributed by atoms with Crippen LogP contribution in [0.15, 0.2) is 35.9 Å². The molecule has 4 rings (SSSR count). The molecule has 0 amide bonds. The number of Topliss-reactive ketones (excluding diaryl/α,β-unsaturated/α-hetero) is 1. The van der Waals surface area contributed by atoms with Crippen molar-refractivity contribution in [2.45, 2.75) is 45.1 Å². The minimum atomic E-state index is -0.519. The van der Waals surface area contributed by atoms with Gasteiger partial charge in [0.05, 0.1) is 17.3 Å². The van der Waals surface area contributed by atoms with Crippen LogP contribution in [-0.4, -0.2) is 15.9 Å². The first-order valence-corrected chi connectivity index (χ1v) is 8.53. The SMILES string of the molecule is CCCCC1=C2c3nc4ccccc4cc3C(O)CC2CC1=O. The molecule has 1 aromatic heterocycles. The molecule has 118 valence electrons. The fraction of sp³-hybridized carbons (Fsp3) is 0.400. The molecule has 0 aliphatic heterocycles. The molecule has 2 atom stereocenters. The molecule has 0 bridgehead atoms. The summed E-state index contributed by atoms with van der Waals surface area (Å²) >= 11 is 0. The number of hydrogen-bond donors (Lipinski definition) is 1. The van der Waals surface area contributed by atoms with E-state index in [0.29, 0.717) is 12.8 Å². The van der Waals surface area contributed by atoms with E-state index in [1.54, 1.807) is 0 Å². The number of hydrogen-bond acceptors (Lipinski definition) is 3. The van der Waals surface area contributed by atoms with Gasteiger partial charge in [-0.15, -0.1) is 0 Å². The number of fused-ring (bicyclic) bond motifs is 4. The average molecular weight is 307 g/mol. The van der Waals surface area contributed by atoms with E-state index in [1.165, 1.54) is 0 Å². The number of allylic oxidation sites excluding steroid dienone is 2. The van der Waals surface area contributed by atoms with Gasteiger partial charge in [0.1, 0.15) is 0 Å². The molecule has 0 saturated carbocycles. The Labute approximate surface area is 136 Å². The maximum Gasteiger partial charge on any atom is 0.159 e. The van der Waals surface area contributed by atoms with E-state index in [1.807, 2.05) is 30.3 Å². The van der Waals surface area contributed by atoms with Crippen LogP contribution in [0, 0.1) is 5.92 Å². The first kappa shape index (κ1) is 14.6. The van der Waals surface area contributed by atoms with Crippen molar-refractivity contribution in [2.75, 3.05) is 0 Å². The summed E-state index contributed by atoms with van der Waals surface area (Å²) in [5.74, 6) is 0.402. The summed E-state index contributed by atoms with van der Waals surface area (Å²) in [7, 11) is 0. The van der Waals surface area contributed by atoms with Crippen LogP contribution < -0.4 is 0 Å². The number of aromatic nitrogens is 1. The first-order chi connectivity index (χ1) is 11.2. The van der Waals surface area contributed by atoms with E-state index in [0.717, 1.165) is 52.6 Å². The van der Waals surface area contributed by atoms with Crippen molar-refractivity contribution >= 4 is 22.3 Å². The van der Waals surface area contributed by atoms with Crippen LogP contribution in [0.25, 0.3) is 16.5 Å². The number of aliphatic hydroxyl groups excluding tert-OH is 1. The van der Waals surface area contributed by atoms with Gasteiger partial charge in [-0.2, -0.15) is 0 Å². The fourth-order valence-electron chi connectivity index (χ4n) is 4.01. The Morgan fingerprint density at radius 1 is 1.30 bits per heavy atom. The van der Waals surface area contributed by atoms with Gasteiger partial charge in [0.2, 0.25) is 0 Å². The molecule has 1 N–H and O–H groups in total. The molecular weight excluding hydrogens is 286 g/mol. The minimum absolute atomic E-state index is 0.144. The van der Waals surface area contributed by atoms with E-state index >= 15 is 0 Å². The largest absolute Gasteiger partial charge is 0.388 e. The fourth-order valence-corrected chi connectivity index (χ4v) is 4.01. The third-order valence-corrected chi connectivity index (χ3v) is 5.16. The van der Waals surface area contributed by atoms with Crippen LogP contribution in [0.1, 0.15) is 56.4 Å². The van der Waals surface area contributed by atoms with Crippen LogP contribution in [0.3, 0.4) is 0 Å². The van der Waals surface area contributed by atoms with Gasteiger partial charge in [-0.25, -0.2) is 4.98 Å². The normalized spacial score (nSPS) is 23.3. The average Bonchev–Trinajstić information content (AvgIpc) is 2.87. The number of ketones is 1. The van der Waals surface area contributed by atoms with Gasteiger partial charge in [0, 0.05) is 22.9 Å². The van der Waals surface area contributed by atoms with E-state index < -0.39 is 6.10 Å². The highest BCUT2D eigenvalue weighted by molar-refractivity contribution is 6.08. The zero-order valence-electron chi connectivity index (χ0n) is 13.4. The van der Waals surface area contributed by atoms with E-state index in [4.69, 9.17) is 4.98 Å². The van der Waals surface area contributed by atoms with E-state index in [-0.39, 0.29) is 11.7 Å². The number of rotatable bonds is 3. The number of carbonyl (C=O) groups is 1. The van der Waals surface area contributed by atoms with E-state index in [2.05, 4.69) is 6.92 Å². The van der Waals surface area contributed by atoms with Gasteiger partial charge < -0.3 is 5.11 Å². The summed E-state index contributed by atoms with van der Waals surface area (Å²) in [6.07, 6.45) is 3.61. The van der Waals surface area contributed by atoms with Crippen LogP contribution in [0.4, 0.5) is 0 Å². The number of unbranched alkanes of at least 4 members (excludes halogenated alkanes) is 1. The Morgan fingerprint density at radius 2 is 2.13 bits per heavy atom. The number of pyridine rings is 1. The van der Waals surface area contributed by atoms with Crippen LogP contribution in [0.5, 0.6) is 0 Å². The Morgan fingerprint density at radius 3 is 2.96 bits per heavy atom. The van der Waals surface area contributed by atoms with Crippen molar-refractivity contribution in [3.05, 3.63) is 47.2 Å². The maximum absolute atomic E-state index is 12.5. The molecule has 2 aromatic rings. The van der Waals surface area contributed by atoms with Crippen molar-refractivity contribution in [1.82, 2.24) is 4.98 Å². The predicted molar refractivity (Wildman–Crippen MR) is 90.9 cm³/mol. The molecule has 2 aliphatic rings. The van der Waals surface area contributed by atoms with Crippen molar-refractivity contribution in [3.63, 3.8) is 0 Å². The van der Waals surface area contributed by atoms with Gasteiger partial charge in [0.25, 0.3) is 0 Å². The van der Waals surface area contributed by atoms with Crippen molar-refractivity contribution in [3.8, 4) is 0 Å². The molecule has 23 heavy (non-hydrogen) atoms. The quantitative estimate of drug-likeness (QED) is 0.924.